The van der Waals surface area contributed by atoms with Crippen molar-refractivity contribution in [2.75, 3.05) is 19.8 Å². The summed E-state index contributed by atoms with van der Waals surface area (Å²) in [7, 11) is -2.40. The molecular weight excluding hydrogens is 210 g/mol. The van der Waals surface area contributed by atoms with Gasteiger partial charge in [-0.25, -0.2) is 0 Å². The fraction of sp³-hybridized carbons (Fsp3) is 1.00. The summed E-state index contributed by atoms with van der Waals surface area (Å²) >= 11 is 0. The Kier molecular flexibility index (Phi) is 8.27. The van der Waals surface area contributed by atoms with Gasteiger partial charge in [0.1, 0.15) is 0 Å². The predicted octanol–water partition coefficient (Wildman–Crippen LogP) is 1.77. The van der Waals surface area contributed by atoms with E-state index in [1.165, 1.54) is 0 Å². The molecule has 1 unspecified atom stereocenters. The molecule has 0 aliphatic rings. The first kappa shape index (κ1) is 15.1. The van der Waals surface area contributed by atoms with Crippen LogP contribution >= 0.6 is 0 Å². The van der Waals surface area contributed by atoms with E-state index in [4.69, 9.17) is 19.0 Å². The number of hydrogen-bond acceptors (Lipinski definition) is 4. The van der Waals surface area contributed by atoms with Crippen LogP contribution in [0, 0.1) is 0 Å². The summed E-state index contributed by atoms with van der Waals surface area (Å²) in [5.74, 6) is 0. The molecule has 0 aromatic carbocycles. The minimum atomic E-state index is -2.40. The molecule has 0 saturated heterocycles. The summed E-state index contributed by atoms with van der Waals surface area (Å²) < 4.78 is 17.0. The molecule has 0 fully saturated rings. The molecule has 0 aromatic heterocycles. The first-order valence-electron chi connectivity index (χ1n) is 5.73. The second kappa shape index (κ2) is 8.24. The minimum Gasteiger partial charge on any atom is -0.374 e. The Balaban J connectivity index is 4.02. The molecule has 0 bridgehead atoms. The normalized spacial score (nSPS) is 14.2. The Labute approximate surface area is 94.5 Å². The van der Waals surface area contributed by atoms with Crippen molar-refractivity contribution in [3.05, 3.63) is 0 Å². The number of hydrogen-bond donors (Lipinski definition) is 1. The van der Waals surface area contributed by atoms with Gasteiger partial charge in [0.2, 0.25) is 0 Å². The lowest BCUT2D eigenvalue weighted by Crippen LogP contribution is -2.45. The highest BCUT2D eigenvalue weighted by Crippen LogP contribution is 2.14. The Morgan fingerprint density at radius 3 is 2.13 bits per heavy atom. The molecule has 0 aliphatic carbocycles. The van der Waals surface area contributed by atoms with E-state index < -0.39 is 8.80 Å². The molecule has 4 nitrogen and oxygen atoms in total. The van der Waals surface area contributed by atoms with E-state index in [9.17, 15) is 0 Å². The van der Waals surface area contributed by atoms with E-state index in [0.29, 0.717) is 19.8 Å². The highest BCUT2D eigenvalue weighted by molar-refractivity contribution is 6.59. The molecular formula is C10H25NO3Si. The van der Waals surface area contributed by atoms with Gasteiger partial charge in [0.05, 0.1) is 0 Å². The van der Waals surface area contributed by atoms with Crippen LogP contribution in [0.25, 0.3) is 0 Å². The second-order valence-electron chi connectivity index (χ2n) is 3.59. The van der Waals surface area contributed by atoms with Gasteiger partial charge in [-0.3, -0.25) is 0 Å². The fourth-order valence-corrected chi connectivity index (χ4v) is 3.58. The molecule has 2 N–H and O–H groups in total. The van der Waals surface area contributed by atoms with Gasteiger partial charge in [-0.1, -0.05) is 0 Å². The van der Waals surface area contributed by atoms with Crippen LogP contribution in [0.15, 0.2) is 0 Å². The van der Waals surface area contributed by atoms with E-state index in [2.05, 4.69) is 0 Å². The summed E-state index contributed by atoms with van der Waals surface area (Å²) in [6.45, 7) is 9.86. The summed E-state index contributed by atoms with van der Waals surface area (Å²) in [6.07, 6.45) is 2.09. The van der Waals surface area contributed by atoms with Gasteiger partial charge in [-0.15, -0.1) is 0 Å². The van der Waals surface area contributed by atoms with E-state index >= 15 is 0 Å². The topological polar surface area (TPSA) is 53.7 Å². The van der Waals surface area contributed by atoms with Crippen LogP contribution in [0.1, 0.15) is 33.6 Å². The number of nitrogens with two attached hydrogens (primary N) is 1. The smallest absolute Gasteiger partial charge is 0.374 e. The largest absolute Gasteiger partial charge is 0.497 e. The van der Waals surface area contributed by atoms with Crippen molar-refractivity contribution in [1.82, 2.24) is 0 Å². The summed E-state index contributed by atoms with van der Waals surface area (Å²) in [5.41, 5.74) is 5.45. The molecule has 92 valence electrons. The Bertz CT molecular complexity index is 152. The lowest BCUT2D eigenvalue weighted by Gasteiger charge is -2.28. The summed E-state index contributed by atoms with van der Waals surface area (Å²) in [6, 6.07) is 0. The van der Waals surface area contributed by atoms with Crippen molar-refractivity contribution in [1.29, 1.82) is 0 Å². The van der Waals surface area contributed by atoms with Crippen LogP contribution in [0.2, 0.25) is 6.55 Å². The van der Waals surface area contributed by atoms with Gasteiger partial charge >= 0.3 is 8.80 Å². The van der Waals surface area contributed by atoms with Crippen molar-refractivity contribution in [3.8, 4) is 0 Å². The van der Waals surface area contributed by atoms with E-state index in [0.717, 1.165) is 12.8 Å². The molecule has 5 heteroatoms. The maximum Gasteiger partial charge on any atom is 0.497 e. The molecule has 0 spiro atoms. The van der Waals surface area contributed by atoms with Crippen LogP contribution < -0.4 is 5.73 Å². The van der Waals surface area contributed by atoms with Crippen LogP contribution in [0.3, 0.4) is 0 Å². The Morgan fingerprint density at radius 2 is 1.73 bits per heavy atom. The van der Waals surface area contributed by atoms with Crippen molar-refractivity contribution in [2.45, 2.75) is 46.3 Å². The quantitative estimate of drug-likeness (QED) is 0.619. The van der Waals surface area contributed by atoms with Crippen molar-refractivity contribution in [2.24, 2.45) is 5.73 Å². The number of rotatable bonds is 9. The molecule has 0 heterocycles. The average molecular weight is 235 g/mol. The van der Waals surface area contributed by atoms with Gasteiger partial charge in [0.15, 0.2) is 0 Å². The average Bonchev–Trinajstić information content (AvgIpc) is 2.15. The summed E-state index contributed by atoms with van der Waals surface area (Å²) in [4.78, 5) is 0. The first-order valence-corrected chi connectivity index (χ1v) is 7.96. The van der Waals surface area contributed by atoms with Crippen LogP contribution in [-0.4, -0.2) is 34.7 Å². The molecule has 0 rings (SSSR count). The molecule has 0 amide bonds. The second-order valence-corrected chi connectivity index (χ2v) is 6.13. The van der Waals surface area contributed by atoms with Crippen molar-refractivity contribution >= 4 is 8.80 Å². The zero-order valence-corrected chi connectivity index (χ0v) is 11.4. The van der Waals surface area contributed by atoms with Gasteiger partial charge < -0.3 is 19.0 Å². The lowest BCUT2D eigenvalue weighted by molar-refractivity contribution is 0.0412. The molecule has 0 aliphatic heterocycles. The molecule has 1 atom stereocenters. The third-order valence-electron chi connectivity index (χ3n) is 2.04. The predicted molar refractivity (Wildman–Crippen MR) is 63.7 cm³/mol. The first-order chi connectivity index (χ1) is 7.08. The zero-order valence-electron chi connectivity index (χ0n) is 10.4. The molecule has 15 heavy (non-hydrogen) atoms. The van der Waals surface area contributed by atoms with E-state index in [-0.39, 0.29) is 6.10 Å². The highest BCUT2D eigenvalue weighted by Gasteiger charge is 2.35. The maximum absolute atomic E-state index is 5.86. The fourth-order valence-electron chi connectivity index (χ4n) is 1.46. The third-order valence-corrected chi connectivity index (χ3v) is 4.50. The zero-order chi connectivity index (χ0) is 11.7. The SMILES string of the molecule is CCO[Si](C)(OCC)OC(C)CCCN. The van der Waals surface area contributed by atoms with Crippen LogP contribution in [0.4, 0.5) is 0 Å². The minimum absolute atomic E-state index is 0.156. The monoisotopic (exact) mass is 235 g/mol. The van der Waals surface area contributed by atoms with E-state index in [1.807, 2.05) is 27.3 Å². The van der Waals surface area contributed by atoms with Gasteiger partial charge in [-0.2, -0.15) is 0 Å². The van der Waals surface area contributed by atoms with Crippen LogP contribution in [-0.2, 0) is 13.3 Å². The summed E-state index contributed by atoms with van der Waals surface area (Å²) in [5, 5.41) is 0. The van der Waals surface area contributed by atoms with E-state index in [1.54, 1.807) is 0 Å². The van der Waals surface area contributed by atoms with Gasteiger partial charge in [0.25, 0.3) is 0 Å². The lowest BCUT2D eigenvalue weighted by atomic mass is 10.2. The molecule has 0 radical (unpaired) electrons. The van der Waals surface area contributed by atoms with Gasteiger partial charge in [0, 0.05) is 25.9 Å². The van der Waals surface area contributed by atoms with Crippen molar-refractivity contribution < 1.29 is 13.3 Å². The molecule has 0 saturated carbocycles. The van der Waals surface area contributed by atoms with Crippen molar-refractivity contribution in [3.63, 3.8) is 0 Å². The Morgan fingerprint density at radius 1 is 1.20 bits per heavy atom. The third kappa shape index (κ3) is 7.02. The van der Waals surface area contributed by atoms with Crippen LogP contribution in [0.5, 0.6) is 0 Å². The molecule has 0 aromatic rings. The maximum atomic E-state index is 5.86. The standard InChI is InChI=1S/C10H25NO3Si/c1-5-12-15(4,13-6-2)14-10(3)8-7-9-11/h10H,5-9,11H2,1-4H3. The van der Waals surface area contributed by atoms with Gasteiger partial charge in [-0.05, 0) is 40.2 Å². The Hall–Kier alpha value is 0.0569. The highest BCUT2D eigenvalue weighted by atomic mass is 28.4.